The van der Waals surface area contributed by atoms with Crippen LogP contribution in [0.1, 0.15) is 11.5 Å². The second-order valence-electron chi connectivity index (χ2n) is 4.25. The standard InChI is InChI=1S/C13H15N5O/c1-9-3-4-10(19-9)7-16-12-13-15-5-6-18(13)8-11(14-2)17-12/h3-6,8,14H,7H2,1-2H3,(H,16,17). The van der Waals surface area contributed by atoms with E-state index in [1.807, 2.05) is 42.9 Å². The average molecular weight is 257 g/mol. The number of aromatic nitrogens is 3. The minimum atomic E-state index is 0.580. The number of aryl methyl sites for hydroxylation is 1. The molecule has 0 aliphatic heterocycles. The summed E-state index contributed by atoms with van der Waals surface area (Å²) in [7, 11) is 1.84. The van der Waals surface area contributed by atoms with Crippen LogP contribution in [0.3, 0.4) is 0 Å². The van der Waals surface area contributed by atoms with Crippen LogP contribution in [-0.2, 0) is 6.54 Å². The van der Waals surface area contributed by atoms with Crippen molar-refractivity contribution in [1.82, 2.24) is 14.4 Å². The Morgan fingerprint density at radius 1 is 1.37 bits per heavy atom. The van der Waals surface area contributed by atoms with Crippen molar-refractivity contribution < 1.29 is 4.42 Å². The van der Waals surface area contributed by atoms with Crippen molar-refractivity contribution in [3.63, 3.8) is 0 Å². The normalized spacial score (nSPS) is 10.8. The molecule has 0 saturated carbocycles. The summed E-state index contributed by atoms with van der Waals surface area (Å²) in [5.41, 5.74) is 0.794. The van der Waals surface area contributed by atoms with Crippen molar-refractivity contribution in [3.05, 3.63) is 42.2 Å². The highest BCUT2D eigenvalue weighted by Gasteiger charge is 2.07. The maximum absolute atomic E-state index is 5.52. The van der Waals surface area contributed by atoms with E-state index in [-0.39, 0.29) is 0 Å². The fourth-order valence-corrected chi connectivity index (χ4v) is 1.92. The molecule has 0 aliphatic rings. The van der Waals surface area contributed by atoms with Crippen molar-refractivity contribution in [3.8, 4) is 0 Å². The monoisotopic (exact) mass is 257 g/mol. The first kappa shape index (κ1) is 11.6. The third kappa shape index (κ3) is 2.24. The van der Waals surface area contributed by atoms with E-state index in [1.54, 1.807) is 6.20 Å². The van der Waals surface area contributed by atoms with Gasteiger partial charge in [-0.3, -0.25) is 0 Å². The molecule has 0 unspecified atom stereocenters. The molecule has 98 valence electrons. The van der Waals surface area contributed by atoms with Crippen molar-refractivity contribution in [2.45, 2.75) is 13.5 Å². The molecule has 0 saturated heterocycles. The molecule has 2 N–H and O–H groups in total. The molecule has 3 heterocycles. The van der Waals surface area contributed by atoms with Gasteiger partial charge in [0.1, 0.15) is 17.3 Å². The van der Waals surface area contributed by atoms with Crippen molar-refractivity contribution in [1.29, 1.82) is 0 Å². The minimum Gasteiger partial charge on any atom is -0.465 e. The Morgan fingerprint density at radius 3 is 3.00 bits per heavy atom. The molecule has 0 radical (unpaired) electrons. The number of nitrogens with zero attached hydrogens (tertiary/aromatic N) is 3. The summed E-state index contributed by atoms with van der Waals surface area (Å²) in [5, 5.41) is 6.28. The van der Waals surface area contributed by atoms with E-state index in [0.29, 0.717) is 6.54 Å². The molecule has 6 nitrogen and oxygen atoms in total. The van der Waals surface area contributed by atoms with Crippen LogP contribution >= 0.6 is 0 Å². The highest BCUT2D eigenvalue weighted by Crippen LogP contribution is 2.17. The molecule has 0 aromatic carbocycles. The summed E-state index contributed by atoms with van der Waals surface area (Å²) in [5.74, 6) is 3.29. The van der Waals surface area contributed by atoms with Crippen LogP contribution in [0.5, 0.6) is 0 Å². The van der Waals surface area contributed by atoms with Gasteiger partial charge in [0.15, 0.2) is 11.5 Å². The van der Waals surface area contributed by atoms with Gasteiger partial charge in [0.25, 0.3) is 0 Å². The zero-order chi connectivity index (χ0) is 13.2. The number of furan rings is 1. The number of imidazole rings is 1. The summed E-state index contributed by atoms with van der Waals surface area (Å²) < 4.78 is 7.45. The average Bonchev–Trinajstić information content (AvgIpc) is 3.04. The van der Waals surface area contributed by atoms with Gasteiger partial charge >= 0.3 is 0 Å². The molecule has 19 heavy (non-hydrogen) atoms. The Balaban J connectivity index is 1.88. The molecule has 6 heteroatoms. The van der Waals surface area contributed by atoms with Gasteiger partial charge in [0, 0.05) is 19.4 Å². The highest BCUT2D eigenvalue weighted by molar-refractivity contribution is 5.65. The molecule has 0 amide bonds. The highest BCUT2D eigenvalue weighted by atomic mass is 16.3. The Hall–Kier alpha value is -2.50. The van der Waals surface area contributed by atoms with Crippen LogP contribution in [-0.4, -0.2) is 21.4 Å². The van der Waals surface area contributed by atoms with Crippen LogP contribution in [0.15, 0.2) is 35.1 Å². The first-order valence-electron chi connectivity index (χ1n) is 6.07. The van der Waals surface area contributed by atoms with Gasteiger partial charge in [-0.15, -0.1) is 0 Å². The molecule has 3 rings (SSSR count). The molecule has 3 aromatic rings. The maximum atomic E-state index is 5.52. The number of nitrogens with one attached hydrogen (secondary N) is 2. The summed E-state index contributed by atoms with van der Waals surface area (Å²) in [6, 6.07) is 3.90. The smallest absolute Gasteiger partial charge is 0.180 e. The summed E-state index contributed by atoms with van der Waals surface area (Å²) in [6.07, 6.45) is 5.53. The van der Waals surface area contributed by atoms with Gasteiger partial charge < -0.3 is 19.5 Å². The van der Waals surface area contributed by atoms with Crippen LogP contribution in [0.2, 0.25) is 0 Å². The number of rotatable bonds is 4. The second kappa shape index (κ2) is 4.64. The first-order chi connectivity index (χ1) is 9.26. The molecule has 0 atom stereocenters. The lowest BCUT2D eigenvalue weighted by atomic mass is 10.4. The molecule has 0 aliphatic carbocycles. The predicted molar refractivity (Wildman–Crippen MR) is 73.3 cm³/mol. The second-order valence-corrected chi connectivity index (χ2v) is 4.25. The summed E-state index contributed by atoms with van der Waals surface area (Å²) >= 11 is 0. The fraction of sp³-hybridized carbons (Fsp3) is 0.231. The Bertz CT molecular complexity index is 700. The third-order valence-corrected chi connectivity index (χ3v) is 2.86. The minimum absolute atomic E-state index is 0.580. The lowest BCUT2D eigenvalue weighted by Crippen LogP contribution is -2.05. The van der Waals surface area contributed by atoms with Crippen molar-refractivity contribution in [2.24, 2.45) is 0 Å². The van der Waals surface area contributed by atoms with Gasteiger partial charge in [0.2, 0.25) is 0 Å². The van der Waals surface area contributed by atoms with Crippen LogP contribution < -0.4 is 10.6 Å². The molecule has 0 bridgehead atoms. The Morgan fingerprint density at radius 2 is 2.26 bits per heavy atom. The predicted octanol–water partition coefficient (Wildman–Crippen LogP) is 2.28. The Labute approximate surface area is 110 Å². The number of hydrogen-bond donors (Lipinski definition) is 2. The van der Waals surface area contributed by atoms with E-state index in [9.17, 15) is 0 Å². The number of anilines is 2. The lowest BCUT2D eigenvalue weighted by molar-refractivity contribution is 0.490. The SMILES string of the molecule is CNc1cn2ccnc2c(NCc2ccc(C)o2)n1. The lowest BCUT2D eigenvalue weighted by Gasteiger charge is -2.08. The summed E-state index contributed by atoms with van der Waals surface area (Å²) in [6.45, 7) is 2.51. The van der Waals surface area contributed by atoms with Crippen LogP contribution in [0, 0.1) is 6.92 Å². The van der Waals surface area contributed by atoms with Crippen molar-refractivity contribution >= 4 is 17.3 Å². The first-order valence-corrected chi connectivity index (χ1v) is 6.07. The molecule has 0 spiro atoms. The third-order valence-electron chi connectivity index (χ3n) is 2.86. The van der Waals surface area contributed by atoms with Gasteiger partial charge in [0.05, 0.1) is 12.7 Å². The van der Waals surface area contributed by atoms with Gasteiger partial charge in [-0.25, -0.2) is 9.97 Å². The zero-order valence-corrected chi connectivity index (χ0v) is 10.8. The topological polar surface area (TPSA) is 67.4 Å². The van der Waals surface area contributed by atoms with Gasteiger partial charge in [-0.2, -0.15) is 0 Å². The molecule has 0 fully saturated rings. The summed E-state index contributed by atoms with van der Waals surface area (Å²) in [4.78, 5) is 8.76. The number of fused-ring (bicyclic) bond motifs is 1. The molecular weight excluding hydrogens is 242 g/mol. The van der Waals surface area contributed by atoms with Gasteiger partial charge in [-0.1, -0.05) is 0 Å². The van der Waals surface area contributed by atoms with E-state index in [2.05, 4.69) is 20.6 Å². The molecule has 3 aromatic heterocycles. The van der Waals surface area contributed by atoms with E-state index in [1.165, 1.54) is 0 Å². The van der Waals surface area contributed by atoms with E-state index in [4.69, 9.17) is 4.42 Å². The van der Waals surface area contributed by atoms with E-state index >= 15 is 0 Å². The Kier molecular flexibility index (Phi) is 2.83. The van der Waals surface area contributed by atoms with Crippen LogP contribution in [0.4, 0.5) is 11.6 Å². The van der Waals surface area contributed by atoms with E-state index in [0.717, 1.165) is 28.8 Å². The molecular formula is C13H15N5O. The number of hydrogen-bond acceptors (Lipinski definition) is 5. The fourth-order valence-electron chi connectivity index (χ4n) is 1.92. The van der Waals surface area contributed by atoms with Gasteiger partial charge in [-0.05, 0) is 19.1 Å². The van der Waals surface area contributed by atoms with E-state index < -0.39 is 0 Å². The maximum Gasteiger partial charge on any atom is 0.180 e. The quantitative estimate of drug-likeness (QED) is 0.750. The van der Waals surface area contributed by atoms with Crippen molar-refractivity contribution in [2.75, 3.05) is 17.7 Å². The largest absolute Gasteiger partial charge is 0.465 e. The van der Waals surface area contributed by atoms with Crippen LogP contribution in [0.25, 0.3) is 5.65 Å². The zero-order valence-electron chi connectivity index (χ0n) is 10.8.